The lowest BCUT2D eigenvalue weighted by atomic mass is 10.1. The first kappa shape index (κ1) is 16.0. The van der Waals surface area contributed by atoms with Crippen LogP contribution in [0.2, 0.25) is 5.02 Å². The second-order valence-electron chi connectivity index (χ2n) is 6.31. The molecule has 1 aliphatic rings. The molecular weight excluding hydrogens is 336 g/mol. The van der Waals surface area contributed by atoms with Crippen LogP contribution in [0.25, 0.3) is 11.0 Å². The summed E-state index contributed by atoms with van der Waals surface area (Å²) in [5.74, 6) is 0.0301. The maximum atomic E-state index is 12.6. The van der Waals surface area contributed by atoms with Gasteiger partial charge in [0.2, 0.25) is 0 Å². The van der Waals surface area contributed by atoms with Crippen molar-refractivity contribution in [2.75, 3.05) is 23.3 Å². The summed E-state index contributed by atoms with van der Waals surface area (Å²) < 4.78 is 5.66. The molecule has 0 unspecified atom stereocenters. The quantitative estimate of drug-likeness (QED) is 0.691. The van der Waals surface area contributed by atoms with Gasteiger partial charge in [-0.05, 0) is 55.7 Å². The van der Waals surface area contributed by atoms with Gasteiger partial charge in [-0.25, -0.2) is 0 Å². The zero-order valence-corrected chi connectivity index (χ0v) is 14.6. The number of anilines is 2. The fraction of sp³-hybridized carbons (Fsp3) is 0.250. The van der Waals surface area contributed by atoms with E-state index in [-0.39, 0.29) is 11.7 Å². The molecule has 1 aromatic heterocycles. The van der Waals surface area contributed by atoms with Gasteiger partial charge >= 0.3 is 0 Å². The van der Waals surface area contributed by atoms with Gasteiger partial charge in [0.1, 0.15) is 5.58 Å². The first-order chi connectivity index (χ1) is 12.2. The summed E-state index contributed by atoms with van der Waals surface area (Å²) in [5, 5.41) is 4.43. The number of fused-ring (bicyclic) bond motifs is 1. The highest BCUT2D eigenvalue weighted by Crippen LogP contribution is 2.29. The molecule has 4 nitrogen and oxygen atoms in total. The number of hydrogen-bond donors (Lipinski definition) is 1. The largest absolute Gasteiger partial charge is 0.451 e. The molecule has 2 heterocycles. The average molecular weight is 355 g/mol. The molecule has 1 fully saturated rings. The van der Waals surface area contributed by atoms with E-state index in [1.54, 1.807) is 24.3 Å². The van der Waals surface area contributed by atoms with Crippen molar-refractivity contribution in [3.05, 3.63) is 59.3 Å². The monoisotopic (exact) mass is 354 g/mol. The molecule has 0 aliphatic carbocycles. The molecule has 1 aliphatic heterocycles. The SMILES string of the molecule is O=C(Nc1ccccc1N1CCCCC1)c1cc2cc(Cl)ccc2o1. The van der Waals surface area contributed by atoms with Gasteiger partial charge in [-0.2, -0.15) is 0 Å². The number of carbonyl (C=O) groups is 1. The van der Waals surface area contributed by atoms with Crippen LogP contribution < -0.4 is 10.2 Å². The van der Waals surface area contributed by atoms with Gasteiger partial charge < -0.3 is 14.6 Å². The molecule has 3 aromatic rings. The molecule has 1 saturated heterocycles. The Labute approximate surface area is 151 Å². The van der Waals surface area contributed by atoms with Crippen LogP contribution in [-0.2, 0) is 0 Å². The van der Waals surface area contributed by atoms with Gasteiger partial charge in [-0.1, -0.05) is 23.7 Å². The van der Waals surface area contributed by atoms with Crippen LogP contribution in [0.5, 0.6) is 0 Å². The van der Waals surface area contributed by atoms with E-state index in [9.17, 15) is 4.79 Å². The molecule has 25 heavy (non-hydrogen) atoms. The molecule has 4 rings (SSSR count). The lowest BCUT2D eigenvalue weighted by Crippen LogP contribution is -2.30. The summed E-state index contributed by atoms with van der Waals surface area (Å²) in [7, 11) is 0. The van der Waals surface area contributed by atoms with Crippen molar-refractivity contribution in [3.63, 3.8) is 0 Å². The molecule has 1 N–H and O–H groups in total. The molecule has 0 atom stereocenters. The first-order valence-corrected chi connectivity index (χ1v) is 8.93. The molecule has 5 heteroatoms. The first-order valence-electron chi connectivity index (χ1n) is 8.55. The number of nitrogens with one attached hydrogen (secondary N) is 1. The van der Waals surface area contributed by atoms with Crippen molar-refractivity contribution in [3.8, 4) is 0 Å². The summed E-state index contributed by atoms with van der Waals surface area (Å²) in [6, 6.07) is 15.0. The van der Waals surface area contributed by atoms with Crippen LogP contribution in [0.15, 0.2) is 52.9 Å². The predicted octanol–water partition coefficient (Wildman–Crippen LogP) is 5.33. The second kappa shape index (κ2) is 6.81. The zero-order chi connectivity index (χ0) is 17.2. The maximum Gasteiger partial charge on any atom is 0.291 e. The Balaban J connectivity index is 1.59. The van der Waals surface area contributed by atoms with Gasteiger partial charge in [0, 0.05) is 23.5 Å². The number of para-hydroxylation sites is 2. The van der Waals surface area contributed by atoms with Crippen LogP contribution in [0.4, 0.5) is 11.4 Å². The van der Waals surface area contributed by atoms with Crippen molar-refractivity contribution >= 4 is 39.9 Å². The predicted molar refractivity (Wildman–Crippen MR) is 102 cm³/mol. The van der Waals surface area contributed by atoms with Crippen molar-refractivity contribution in [2.24, 2.45) is 0 Å². The Morgan fingerprint density at radius 1 is 1.04 bits per heavy atom. The van der Waals surface area contributed by atoms with Gasteiger partial charge in [-0.3, -0.25) is 4.79 Å². The number of hydrogen-bond acceptors (Lipinski definition) is 3. The van der Waals surface area contributed by atoms with E-state index in [1.807, 2.05) is 18.2 Å². The summed E-state index contributed by atoms with van der Waals surface area (Å²) >= 11 is 6.00. The number of carbonyl (C=O) groups excluding carboxylic acids is 1. The third kappa shape index (κ3) is 3.35. The third-order valence-corrected chi connectivity index (χ3v) is 4.79. The van der Waals surface area contributed by atoms with Crippen molar-refractivity contribution < 1.29 is 9.21 Å². The van der Waals surface area contributed by atoms with Crippen LogP contribution in [-0.4, -0.2) is 19.0 Å². The Bertz CT molecular complexity index is 913. The topological polar surface area (TPSA) is 45.5 Å². The minimum Gasteiger partial charge on any atom is -0.451 e. The second-order valence-corrected chi connectivity index (χ2v) is 6.75. The average Bonchev–Trinajstić information content (AvgIpc) is 3.06. The highest BCUT2D eigenvalue weighted by atomic mass is 35.5. The van der Waals surface area contributed by atoms with Gasteiger partial charge in [0.15, 0.2) is 5.76 Å². The summed E-state index contributed by atoms with van der Waals surface area (Å²) in [6.07, 6.45) is 3.64. The van der Waals surface area contributed by atoms with E-state index in [0.717, 1.165) is 29.9 Å². The highest BCUT2D eigenvalue weighted by Gasteiger charge is 2.18. The van der Waals surface area contributed by atoms with Gasteiger partial charge in [0.05, 0.1) is 11.4 Å². The summed E-state index contributed by atoms with van der Waals surface area (Å²) in [6.45, 7) is 2.05. The number of rotatable bonds is 3. The number of benzene rings is 2. The Morgan fingerprint density at radius 2 is 1.84 bits per heavy atom. The molecule has 2 aromatic carbocycles. The van der Waals surface area contributed by atoms with E-state index in [2.05, 4.69) is 16.3 Å². The number of piperidine rings is 1. The number of halogens is 1. The highest BCUT2D eigenvalue weighted by molar-refractivity contribution is 6.31. The Kier molecular flexibility index (Phi) is 4.36. The standard InChI is InChI=1S/C20H19ClN2O2/c21-15-8-9-18-14(12-15)13-19(25-18)20(24)22-16-6-2-3-7-17(16)23-10-4-1-5-11-23/h2-3,6-9,12-13H,1,4-5,10-11H2,(H,22,24). The molecule has 0 bridgehead atoms. The van der Waals surface area contributed by atoms with Crippen molar-refractivity contribution in [1.82, 2.24) is 0 Å². The van der Waals surface area contributed by atoms with Crippen LogP contribution >= 0.6 is 11.6 Å². The normalized spacial score (nSPS) is 14.7. The molecule has 0 saturated carbocycles. The van der Waals surface area contributed by atoms with Gasteiger partial charge in [-0.15, -0.1) is 0 Å². The molecule has 1 amide bonds. The molecular formula is C20H19ClN2O2. The third-order valence-electron chi connectivity index (χ3n) is 4.55. The fourth-order valence-electron chi connectivity index (χ4n) is 3.30. The van der Waals surface area contributed by atoms with Crippen molar-refractivity contribution in [1.29, 1.82) is 0 Å². The summed E-state index contributed by atoms with van der Waals surface area (Å²) in [4.78, 5) is 15.0. The minimum atomic E-state index is -0.253. The van der Waals surface area contributed by atoms with Crippen molar-refractivity contribution in [2.45, 2.75) is 19.3 Å². The Morgan fingerprint density at radius 3 is 2.68 bits per heavy atom. The number of nitrogens with zero attached hydrogens (tertiary/aromatic N) is 1. The smallest absolute Gasteiger partial charge is 0.291 e. The van der Waals surface area contributed by atoms with E-state index in [4.69, 9.17) is 16.0 Å². The molecule has 0 spiro atoms. The van der Waals surface area contributed by atoms with E-state index in [1.165, 1.54) is 19.3 Å². The van der Waals surface area contributed by atoms with E-state index >= 15 is 0 Å². The van der Waals surface area contributed by atoms with Crippen LogP contribution in [0.1, 0.15) is 29.8 Å². The van der Waals surface area contributed by atoms with Crippen LogP contribution in [0.3, 0.4) is 0 Å². The lowest BCUT2D eigenvalue weighted by molar-refractivity contribution is 0.0998. The van der Waals surface area contributed by atoms with Gasteiger partial charge in [0.25, 0.3) is 5.91 Å². The number of amides is 1. The van der Waals surface area contributed by atoms with E-state index < -0.39 is 0 Å². The number of furan rings is 1. The molecule has 128 valence electrons. The maximum absolute atomic E-state index is 12.6. The summed E-state index contributed by atoms with van der Waals surface area (Å²) in [5.41, 5.74) is 2.53. The zero-order valence-electron chi connectivity index (χ0n) is 13.8. The molecule has 0 radical (unpaired) electrons. The van der Waals surface area contributed by atoms with E-state index in [0.29, 0.717) is 10.6 Å². The van der Waals surface area contributed by atoms with Crippen LogP contribution in [0, 0.1) is 0 Å². The Hall–Kier alpha value is -2.46. The fourth-order valence-corrected chi connectivity index (χ4v) is 3.48. The minimum absolute atomic E-state index is 0.253. The lowest BCUT2D eigenvalue weighted by Gasteiger charge is -2.30.